The first-order valence-corrected chi connectivity index (χ1v) is 7.66. The number of hydrogen-bond acceptors (Lipinski definition) is 4. The third-order valence-corrected chi connectivity index (χ3v) is 3.85. The Bertz CT molecular complexity index is 511. The van der Waals surface area contributed by atoms with E-state index >= 15 is 0 Å². The van der Waals surface area contributed by atoms with Crippen molar-refractivity contribution in [3.05, 3.63) is 58.3 Å². The van der Waals surface area contributed by atoms with E-state index in [1.54, 1.807) is 11.3 Å². The second-order valence-electron chi connectivity index (χ2n) is 4.67. The fraction of sp³-hybridized carbons (Fsp3) is 0.312. The number of nitrogens with zero attached hydrogens (tertiary/aromatic N) is 1. The molecule has 0 aliphatic heterocycles. The number of aliphatic hydroxyl groups is 1. The van der Waals surface area contributed by atoms with Gasteiger partial charge in [-0.25, -0.2) is 0 Å². The Labute approximate surface area is 123 Å². The lowest BCUT2D eigenvalue weighted by Gasteiger charge is -2.20. The average molecular weight is 289 g/mol. The first-order chi connectivity index (χ1) is 9.79. The summed E-state index contributed by atoms with van der Waals surface area (Å²) in [6.45, 7) is 2.13. The maximum atomic E-state index is 12.0. The van der Waals surface area contributed by atoms with E-state index in [-0.39, 0.29) is 12.4 Å². The molecule has 0 saturated carbocycles. The standard InChI is InChI=1S/C16H19NO2S/c18-10-9-17(12-14-4-2-1-3-5-14)8-6-16(19)15-7-11-20-13-15/h1-5,7,11,13,18H,6,8-10,12H2. The molecule has 0 aliphatic rings. The predicted octanol–water partition coefficient (Wildman–Crippen LogP) is 2.82. The van der Waals surface area contributed by atoms with Gasteiger partial charge in [-0.3, -0.25) is 9.69 Å². The van der Waals surface area contributed by atoms with Gasteiger partial charge in [-0.05, 0) is 17.0 Å². The summed E-state index contributed by atoms with van der Waals surface area (Å²) in [4.78, 5) is 14.1. The summed E-state index contributed by atoms with van der Waals surface area (Å²) in [6, 6.07) is 12.0. The molecule has 0 radical (unpaired) electrons. The zero-order valence-electron chi connectivity index (χ0n) is 11.4. The summed E-state index contributed by atoms with van der Waals surface area (Å²) in [5.41, 5.74) is 1.99. The molecule has 0 atom stereocenters. The highest BCUT2D eigenvalue weighted by Gasteiger charge is 2.10. The second kappa shape index (κ2) is 7.94. The van der Waals surface area contributed by atoms with E-state index in [4.69, 9.17) is 5.11 Å². The van der Waals surface area contributed by atoms with Gasteiger partial charge in [0, 0.05) is 37.0 Å². The molecule has 1 aromatic heterocycles. The zero-order valence-corrected chi connectivity index (χ0v) is 12.2. The molecule has 1 aromatic carbocycles. The second-order valence-corrected chi connectivity index (χ2v) is 5.45. The van der Waals surface area contributed by atoms with Crippen LogP contribution < -0.4 is 0 Å². The van der Waals surface area contributed by atoms with Crippen molar-refractivity contribution in [1.82, 2.24) is 4.90 Å². The van der Waals surface area contributed by atoms with Crippen molar-refractivity contribution < 1.29 is 9.90 Å². The lowest BCUT2D eigenvalue weighted by molar-refractivity contribution is 0.0955. The van der Waals surface area contributed by atoms with Crippen LogP contribution in [0.1, 0.15) is 22.3 Å². The van der Waals surface area contributed by atoms with Crippen molar-refractivity contribution in [2.75, 3.05) is 19.7 Å². The number of Topliss-reactive ketones (excluding diaryl/α,β-unsaturated/α-hetero) is 1. The van der Waals surface area contributed by atoms with E-state index in [0.717, 1.165) is 12.1 Å². The number of carbonyl (C=O) groups excluding carboxylic acids is 1. The van der Waals surface area contributed by atoms with E-state index < -0.39 is 0 Å². The lowest BCUT2D eigenvalue weighted by Crippen LogP contribution is -2.28. The van der Waals surface area contributed by atoms with Gasteiger partial charge >= 0.3 is 0 Å². The minimum atomic E-state index is 0.111. The van der Waals surface area contributed by atoms with Gasteiger partial charge in [-0.2, -0.15) is 11.3 Å². The van der Waals surface area contributed by atoms with E-state index in [9.17, 15) is 4.79 Å². The van der Waals surface area contributed by atoms with Gasteiger partial charge in [0.05, 0.1) is 6.61 Å². The van der Waals surface area contributed by atoms with Gasteiger partial charge in [-0.1, -0.05) is 30.3 Å². The highest BCUT2D eigenvalue weighted by atomic mass is 32.1. The van der Waals surface area contributed by atoms with Crippen molar-refractivity contribution in [1.29, 1.82) is 0 Å². The summed E-state index contributed by atoms with van der Waals surface area (Å²) in [5, 5.41) is 12.9. The smallest absolute Gasteiger partial charge is 0.164 e. The van der Waals surface area contributed by atoms with Crippen molar-refractivity contribution in [2.45, 2.75) is 13.0 Å². The molecule has 3 nitrogen and oxygen atoms in total. The molecular formula is C16H19NO2S. The number of thiophene rings is 1. The maximum Gasteiger partial charge on any atom is 0.164 e. The molecule has 2 rings (SSSR count). The van der Waals surface area contributed by atoms with Gasteiger partial charge < -0.3 is 5.11 Å². The van der Waals surface area contributed by atoms with E-state index in [0.29, 0.717) is 19.5 Å². The molecule has 0 bridgehead atoms. The molecule has 0 unspecified atom stereocenters. The number of ketones is 1. The number of carbonyl (C=O) groups is 1. The quantitative estimate of drug-likeness (QED) is 0.760. The van der Waals surface area contributed by atoms with Crippen LogP contribution in [-0.2, 0) is 6.54 Å². The summed E-state index contributed by atoms with van der Waals surface area (Å²) in [5.74, 6) is 0.169. The van der Waals surface area contributed by atoms with Crippen LogP contribution in [0.4, 0.5) is 0 Å². The summed E-state index contributed by atoms with van der Waals surface area (Å²) >= 11 is 1.54. The Morgan fingerprint density at radius 3 is 2.60 bits per heavy atom. The minimum Gasteiger partial charge on any atom is -0.395 e. The van der Waals surface area contributed by atoms with Crippen LogP contribution in [0.2, 0.25) is 0 Å². The van der Waals surface area contributed by atoms with Crippen molar-refractivity contribution in [3.8, 4) is 0 Å². The summed E-state index contributed by atoms with van der Waals surface area (Å²) in [7, 11) is 0. The SMILES string of the molecule is O=C(CCN(CCO)Cc1ccccc1)c1ccsc1. The van der Waals surface area contributed by atoms with E-state index in [2.05, 4.69) is 17.0 Å². The molecule has 0 aliphatic carbocycles. The van der Waals surface area contributed by atoms with Gasteiger partial charge in [0.1, 0.15) is 0 Å². The Hall–Kier alpha value is -1.49. The summed E-state index contributed by atoms with van der Waals surface area (Å²) < 4.78 is 0. The van der Waals surface area contributed by atoms with Crippen LogP contribution in [0.3, 0.4) is 0 Å². The van der Waals surface area contributed by atoms with Crippen LogP contribution in [0, 0.1) is 0 Å². The molecule has 2 aromatic rings. The highest BCUT2D eigenvalue weighted by Crippen LogP contribution is 2.10. The van der Waals surface area contributed by atoms with E-state index in [1.165, 1.54) is 5.56 Å². The third kappa shape index (κ3) is 4.56. The van der Waals surface area contributed by atoms with Crippen LogP contribution in [0.5, 0.6) is 0 Å². The Kier molecular flexibility index (Phi) is 5.92. The van der Waals surface area contributed by atoms with Crippen molar-refractivity contribution in [2.24, 2.45) is 0 Å². The number of rotatable bonds is 8. The zero-order chi connectivity index (χ0) is 14.2. The average Bonchev–Trinajstić information content (AvgIpc) is 3.00. The predicted molar refractivity (Wildman–Crippen MR) is 82.1 cm³/mol. The normalized spacial score (nSPS) is 10.9. The van der Waals surface area contributed by atoms with Gasteiger partial charge in [0.25, 0.3) is 0 Å². The largest absolute Gasteiger partial charge is 0.395 e. The highest BCUT2D eigenvalue weighted by molar-refractivity contribution is 7.08. The van der Waals surface area contributed by atoms with Crippen LogP contribution in [-0.4, -0.2) is 35.5 Å². The molecule has 1 heterocycles. The molecule has 0 spiro atoms. The topological polar surface area (TPSA) is 40.5 Å². The van der Waals surface area contributed by atoms with Gasteiger partial charge in [0.15, 0.2) is 5.78 Å². The van der Waals surface area contributed by atoms with E-state index in [1.807, 2.05) is 35.0 Å². The molecule has 106 valence electrons. The maximum absolute atomic E-state index is 12.0. The lowest BCUT2D eigenvalue weighted by atomic mass is 10.1. The number of hydrogen-bond donors (Lipinski definition) is 1. The minimum absolute atomic E-state index is 0.111. The van der Waals surface area contributed by atoms with Crippen LogP contribution in [0.25, 0.3) is 0 Å². The number of aliphatic hydroxyl groups excluding tert-OH is 1. The van der Waals surface area contributed by atoms with Crippen molar-refractivity contribution >= 4 is 17.1 Å². The fourth-order valence-electron chi connectivity index (χ4n) is 2.08. The molecule has 1 N–H and O–H groups in total. The molecule has 0 amide bonds. The van der Waals surface area contributed by atoms with Crippen LogP contribution >= 0.6 is 11.3 Å². The molecule has 0 fully saturated rings. The van der Waals surface area contributed by atoms with Crippen LogP contribution in [0.15, 0.2) is 47.2 Å². The molecular weight excluding hydrogens is 270 g/mol. The first kappa shape index (κ1) is 14.9. The van der Waals surface area contributed by atoms with Gasteiger partial charge in [0.2, 0.25) is 0 Å². The number of benzene rings is 1. The molecule has 0 saturated heterocycles. The molecule has 4 heteroatoms. The van der Waals surface area contributed by atoms with Gasteiger partial charge in [-0.15, -0.1) is 0 Å². The Morgan fingerprint density at radius 1 is 1.15 bits per heavy atom. The Balaban J connectivity index is 1.87. The monoisotopic (exact) mass is 289 g/mol. The summed E-state index contributed by atoms with van der Waals surface area (Å²) in [6.07, 6.45) is 0.490. The Morgan fingerprint density at radius 2 is 1.95 bits per heavy atom. The first-order valence-electron chi connectivity index (χ1n) is 6.72. The fourth-order valence-corrected chi connectivity index (χ4v) is 2.74. The third-order valence-electron chi connectivity index (χ3n) is 3.16. The molecule has 20 heavy (non-hydrogen) atoms. The van der Waals surface area contributed by atoms with Crippen molar-refractivity contribution in [3.63, 3.8) is 0 Å².